The van der Waals surface area contributed by atoms with Crippen LogP contribution in [0.4, 0.5) is 0 Å². The second-order valence-corrected chi connectivity index (χ2v) is 23.1. The summed E-state index contributed by atoms with van der Waals surface area (Å²) in [6.45, 7) is 11.3. The number of fused-ring (bicyclic) bond motifs is 4. The lowest BCUT2D eigenvalue weighted by Gasteiger charge is -2.15. The van der Waals surface area contributed by atoms with E-state index in [1.54, 1.807) is 70.5 Å². The summed E-state index contributed by atoms with van der Waals surface area (Å²) in [5.41, 5.74) is 4.43. The van der Waals surface area contributed by atoms with Crippen molar-refractivity contribution in [3.05, 3.63) is 112 Å². The summed E-state index contributed by atoms with van der Waals surface area (Å²) in [6, 6.07) is 20.9. The normalized spacial score (nSPS) is 12.7. The number of benzene rings is 1. The Morgan fingerprint density at radius 1 is 0.411 bits per heavy atom. The smallest absolute Gasteiger partial charge is 0.197 e. The molecule has 12 heteroatoms. The average molecular weight is 877 g/mol. The summed E-state index contributed by atoms with van der Waals surface area (Å²) in [6.07, 6.45) is 0. The average Bonchev–Trinajstić information content (AvgIpc) is 4.00. The first kappa shape index (κ1) is 36.4. The molecule has 4 nitrogen and oxygen atoms in total. The van der Waals surface area contributed by atoms with Gasteiger partial charge in [-0.05, 0) is 102 Å². The molecule has 9 aromatic rings. The Balaban J connectivity index is 1.19. The SMILES string of the molecule is CC(=O)c1ccc(-c2c3cc(-c4ccc(-c5sc(-c6ccc(C)s6)c6c5C(=O)c5c(C)sc(C)c5C6=O)s4)sc3c(-c3ccc(C(C)=O)s3)c3cc(C)sc23)s1. The molecule has 1 aliphatic carbocycles. The second kappa shape index (κ2) is 13.3. The molecule has 1 aliphatic rings. The third kappa shape index (κ3) is 5.49. The number of rotatable bonds is 7. The lowest BCUT2D eigenvalue weighted by atomic mass is 9.84. The van der Waals surface area contributed by atoms with E-state index in [4.69, 9.17) is 0 Å². The summed E-state index contributed by atoms with van der Waals surface area (Å²) in [5, 5.41) is 2.26. The summed E-state index contributed by atoms with van der Waals surface area (Å²) >= 11 is 12.9. The Kier molecular flexibility index (Phi) is 8.63. The van der Waals surface area contributed by atoms with Gasteiger partial charge in [-0.15, -0.1) is 90.7 Å². The minimum Gasteiger partial charge on any atom is -0.294 e. The van der Waals surface area contributed by atoms with Crippen LogP contribution in [0.1, 0.15) is 84.5 Å². The molecule has 0 aliphatic heterocycles. The van der Waals surface area contributed by atoms with Crippen molar-refractivity contribution in [3.8, 4) is 50.1 Å². The first-order chi connectivity index (χ1) is 26.9. The number of Topliss-reactive ketones (excluding diaryl/α,β-unsaturated/α-hetero) is 2. The monoisotopic (exact) mass is 876 g/mol. The predicted molar refractivity (Wildman–Crippen MR) is 244 cm³/mol. The molecule has 8 heterocycles. The van der Waals surface area contributed by atoms with Gasteiger partial charge in [0.25, 0.3) is 0 Å². The van der Waals surface area contributed by atoms with Crippen LogP contribution in [0.2, 0.25) is 0 Å². The molecule has 0 atom stereocenters. The number of aryl methyl sites for hydroxylation is 4. The van der Waals surface area contributed by atoms with E-state index in [2.05, 4.69) is 62.4 Å². The van der Waals surface area contributed by atoms with Gasteiger partial charge in [0.1, 0.15) is 0 Å². The number of carbonyl (C=O) groups excluding carboxylic acids is 4. The fourth-order valence-electron chi connectivity index (χ4n) is 7.67. The molecule has 276 valence electrons. The standard InChI is InChI=1S/C44H28O4S8/c1-17-7-8-30(49-17)43-37-38(40(48)34-22(6)51-21(5)33(34)39(37)47)44(56-43)31-14-11-27(54-31)32-16-24-36(29-13-10-26(53-29)20(4)46)41-23(15-18(2)50-41)35(42(24)55-32)28-12-9-25(52-28)19(3)45/h7-16H,1-6H3. The Labute approximate surface area is 354 Å². The van der Waals surface area contributed by atoms with Crippen LogP contribution < -0.4 is 0 Å². The van der Waals surface area contributed by atoms with Crippen LogP contribution in [0, 0.1) is 27.7 Å². The van der Waals surface area contributed by atoms with Gasteiger partial charge in [0.15, 0.2) is 23.1 Å². The molecule has 0 unspecified atom stereocenters. The molecule has 0 radical (unpaired) electrons. The molecule has 0 spiro atoms. The fraction of sp³-hybridized carbons (Fsp3) is 0.136. The molecule has 8 aromatic heterocycles. The van der Waals surface area contributed by atoms with E-state index in [0.29, 0.717) is 22.3 Å². The lowest BCUT2D eigenvalue weighted by molar-refractivity contribution is 0.0981. The second-order valence-electron chi connectivity index (χ2n) is 13.9. The van der Waals surface area contributed by atoms with Crippen LogP contribution in [-0.4, -0.2) is 23.1 Å². The quantitative estimate of drug-likeness (QED) is 0.150. The van der Waals surface area contributed by atoms with Crippen LogP contribution in [0.3, 0.4) is 0 Å². The van der Waals surface area contributed by atoms with Crippen molar-refractivity contribution >= 4 is 134 Å². The molecule has 0 bridgehead atoms. The van der Waals surface area contributed by atoms with Crippen molar-refractivity contribution in [1.29, 1.82) is 0 Å². The van der Waals surface area contributed by atoms with E-state index in [0.717, 1.165) is 90.0 Å². The van der Waals surface area contributed by atoms with E-state index < -0.39 is 0 Å². The summed E-state index contributed by atoms with van der Waals surface area (Å²) in [7, 11) is 0. The summed E-state index contributed by atoms with van der Waals surface area (Å²) < 4.78 is 2.30. The third-order valence-corrected chi connectivity index (χ3v) is 19.6. The number of thiophene rings is 8. The van der Waals surface area contributed by atoms with Crippen molar-refractivity contribution in [2.75, 3.05) is 0 Å². The Bertz CT molecular complexity index is 3080. The van der Waals surface area contributed by atoms with Gasteiger partial charge in [-0.1, -0.05) is 0 Å². The fourth-order valence-corrected chi connectivity index (χ4v) is 16.6. The minimum atomic E-state index is -0.0644. The van der Waals surface area contributed by atoms with Crippen LogP contribution in [0.5, 0.6) is 0 Å². The Morgan fingerprint density at radius 2 is 0.911 bits per heavy atom. The van der Waals surface area contributed by atoms with Gasteiger partial charge >= 0.3 is 0 Å². The van der Waals surface area contributed by atoms with Crippen molar-refractivity contribution in [2.45, 2.75) is 41.5 Å². The van der Waals surface area contributed by atoms with Gasteiger partial charge in [0.2, 0.25) is 0 Å². The molecule has 0 fully saturated rings. The molecular formula is C44H28O4S8. The van der Waals surface area contributed by atoms with Gasteiger partial charge in [0.05, 0.1) is 30.6 Å². The van der Waals surface area contributed by atoms with E-state index in [1.807, 2.05) is 26.0 Å². The molecule has 10 rings (SSSR count). The topological polar surface area (TPSA) is 68.3 Å². The zero-order valence-corrected chi connectivity index (χ0v) is 37.2. The van der Waals surface area contributed by atoms with Gasteiger partial charge < -0.3 is 0 Å². The number of hydrogen-bond acceptors (Lipinski definition) is 12. The van der Waals surface area contributed by atoms with Crippen LogP contribution >= 0.6 is 90.7 Å². The van der Waals surface area contributed by atoms with E-state index >= 15 is 0 Å². The van der Waals surface area contributed by atoms with Crippen molar-refractivity contribution in [2.24, 2.45) is 0 Å². The van der Waals surface area contributed by atoms with Crippen LogP contribution in [-0.2, 0) is 0 Å². The zero-order chi connectivity index (χ0) is 38.9. The first-order valence-corrected chi connectivity index (χ1v) is 24.2. The third-order valence-electron chi connectivity index (χ3n) is 10.1. The molecule has 0 saturated carbocycles. The van der Waals surface area contributed by atoms with Gasteiger partial charge in [-0.2, -0.15) is 0 Å². The lowest BCUT2D eigenvalue weighted by Crippen LogP contribution is -2.20. The highest BCUT2D eigenvalue weighted by Gasteiger charge is 2.40. The van der Waals surface area contributed by atoms with Crippen LogP contribution in [0.15, 0.2) is 60.7 Å². The maximum absolute atomic E-state index is 14.5. The molecule has 56 heavy (non-hydrogen) atoms. The minimum absolute atomic E-state index is 0.0500. The maximum Gasteiger partial charge on any atom is 0.197 e. The van der Waals surface area contributed by atoms with E-state index in [1.165, 1.54) is 43.6 Å². The molecule has 1 aromatic carbocycles. The van der Waals surface area contributed by atoms with Crippen molar-refractivity contribution in [1.82, 2.24) is 0 Å². The largest absolute Gasteiger partial charge is 0.294 e. The van der Waals surface area contributed by atoms with Crippen molar-refractivity contribution in [3.63, 3.8) is 0 Å². The molecule has 0 amide bonds. The highest BCUT2D eigenvalue weighted by atomic mass is 32.1. The molecule has 0 saturated heterocycles. The van der Waals surface area contributed by atoms with Crippen LogP contribution in [0.25, 0.3) is 70.3 Å². The Hall–Kier alpha value is -3.98. The highest BCUT2D eigenvalue weighted by Crippen LogP contribution is 2.55. The first-order valence-electron chi connectivity index (χ1n) is 17.6. The molecular weight excluding hydrogens is 849 g/mol. The van der Waals surface area contributed by atoms with Gasteiger partial charge in [-0.25, -0.2) is 0 Å². The number of ketones is 4. The van der Waals surface area contributed by atoms with Crippen molar-refractivity contribution < 1.29 is 19.2 Å². The van der Waals surface area contributed by atoms with Gasteiger partial charge in [-0.3, -0.25) is 19.2 Å². The summed E-state index contributed by atoms with van der Waals surface area (Å²) in [5.74, 6) is -0.0203. The number of carbonyl (C=O) groups is 4. The maximum atomic E-state index is 14.5. The number of hydrogen-bond donors (Lipinski definition) is 0. The van der Waals surface area contributed by atoms with E-state index in [-0.39, 0.29) is 23.1 Å². The Morgan fingerprint density at radius 3 is 1.45 bits per heavy atom. The zero-order valence-electron chi connectivity index (χ0n) is 30.7. The van der Waals surface area contributed by atoms with E-state index in [9.17, 15) is 19.2 Å². The predicted octanol–water partition coefficient (Wildman–Crippen LogP) is 15.2. The highest BCUT2D eigenvalue weighted by molar-refractivity contribution is 7.31. The molecule has 0 N–H and O–H groups in total. The van der Waals surface area contributed by atoms with Gasteiger partial charge in [0, 0.05) is 91.2 Å². The summed E-state index contributed by atoms with van der Waals surface area (Å²) in [4.78, 5) is 67.3.